The molecule has 6 N–H and O–H groups in total. The van der Waals surface area contributed by atoms with Crippen molar-refractivity contribution >= 4 is 5.91 Å². The van der Waals surface area contributed by atoms with Crippen molar-refractivity contribution in [3.63, 3.8) is 0 Å². The Hall–Kier alpha value is -2.37. The Morgan fingerprint density at radius 3 is 1.28 bits per heavy atom. The Kier molecular flexibility index (Phi) is 51.8. The van der Waals surface area contributed by atoms with Gasteiger partial charge in [-0.15, -0.1) is 0 Å². The Balaban J connectivity index is 2.15. The number of hydrogen-bond acceptors (Lipinski definition) is 8. The molecule has 1 amide bonds. The maximum absolute atomic E-state index is 13.1. The van der Waals surface area contributed by atoms with Gasteiger partial charge in [0, 0.05) is 6.42 Å². The summed E-state index contributed by atoms with van der Waals surface area (Å²) in [4.78, 5) is 13.1. The molecule has 9 nitrogen and oxygen atoms in total. The molecule has 0 aromatic heterocycles. The van der Waals surface area contributed by atoms with E-state index in [0.717, 1.165) is 64.2 Å². The van der Waals surface area contributed by atoms with Gasteiger partial charge in [0.15, 0.2) is 6.29 Å². The predicted molar refractivity (Wildman–Crippen MR) is 318 cm³/mol. The van der Waals surface area contributed by atoms with E-state index >= 15 is 0 Å². The van der Waals surface area contributed by atoms with Crippen molar-refractivity contribution in [2.45, 2.75) is 326 Å². The topological polar surface area (TPSA) is 149 Å². The molecular formula is C66H119NO8. The van der Waals surface area contributed by atoms with Crippen LogP contribution in [0.5, 0.6) is 0 Å². The molecule has 1 aliphatic rings. The lowest BCUT2D eigenvalue weighted by molar-refractivity contribution is -0.302. The normalized spacial score (nSPS) is 19.4. The summed E-state index contributed by atoms with van der Waals surface area (Å²) in [6, 6.07) is -0.823. The van der Waals surface area contributed by atoms with Gasteiger partial charge in [0.05, 0.1) is 25.4 Å². The number of aliphatic hydroxyl groups is 5. The average molecular weight is 1050 g/mol. The van der Waals surface area contributed by atoms with Crippen LogP contribution < -0.4 is 5.32 Å². The van der Waals surface area contributed by atoms with E-state index < -0.39 is 49.5 Å². The van der Waals surface area contributed by atoms with Crippen LogP contribution >= 0.6 is 0 Å². The van der Waals surface area contributed by atoms with Crippen LogP contribution in [0.25, 0.3) is 0 Å². The van der Waals surface area contributed by atoms with Crippen LogP contribution in [0, 0.1) is 0 Å². The van der Waals surface area contributed by atoms with E-state index in [9.17, 15) is 30.3 Å². The largest absolute Gasteiger partial charge is 0.394 e. The number of rotatable bonds is 54. The second-order valence-electron chi connectivity index (χ2n) is 21.8. The summed E-state index contributed by atoms with van der Waals surface area (Å²) in [5.74, 6) is -0.184. The maximum atomic E-state index is 13.1. The van der Waals surface area contributed by atoms with Crippen LogP contribution in [0.3, 0.4) is 0 Å². The smallest absolute Gasteiger partial charge is 0.220 e. The van der Waals surface area contributed by atoms with E-state index in [0.29, 0.717) is 6.42 Å². The molecule has 1 aliphatic heterocycles. The second kappa shape index (κ2) is 55.0. The van der Waals surface area contributed by atoms with Crippen LogP contribution in [0.2, 0.25) is 0 Å². The third-order valence-electron chi connectivity index (χ3n) is 14.8. The van der Waals surface area contributed by atoms with Crippen LogP contribution in [-0.2, 0) is 14.3 Å². The fourth-order valence-corrected chi connectivity index (χ4v) is 9.81. The molecule has 1 rings (SSSR count). The lowest BCUT2D eigenvalue weighted by Crippen LogP contribution is -2.60. The minimum atomic E-state index is -1.57. The molecule has 75 heavy (non-hydrogen) atoms. The highest BCUT2D eigenvalue weighted by atomic mass is 16.7. The Bertz CT molecular complexity index is 1410. The van der Waals surface area contributed by atoms with Crippen LogP contribution in [0.15, 0.2) is 72.9 Å². The summed E-state index contributed by atoms with van der Waals surface area (Å²) in [7, 11) is 0. The van der Waals surface area contributed by atoms with Gasteiger partial charge in [-0.1, -0.05) is 279 Å². The van der Waals surface area contributed by atoms with Crippen molar-refractivity contribution < 1.29 is 39.8 Å². The number of carbonyl (C=O) groups excluding carboxylic acids is 1. The highest BCUT2D eigenvalue weighted by Crippen LogP contribution is 2.23. The van der Waals surface area contributed by atoms with Crippen molar-refractivity contribution in [2.75, 3.05) is 13.2 Å². The number of carbonyl (C=O) groups is 1. The van der Waals surface area contributed by atoms with Crippen molar-refractivity contribution in [3.8, 4) is 0 Å². The number of unbranched alkanes of at least 4 members (excludes halogenated alkanes) is 34. The summed E-state index contributed by atoms with van der Waals surface area (Å²) in [6.07, 6.45) is 69.9. The number of ether oxygens (including phenoxy) is 2. The van der Waals surface area contributed by atoms with Gasteiger partial charge in [0.2, 0.25) is 5.91 Å². The monoisotopic (exact) mass is 1050 g/mol. The zero-order chi connectivity index (χ0) is 54.3. The van der Waals surface area contributed by atoms with E-state index in [-0.39, 0.29) is 12.5 Å². The first-order chi connectivity index (χ1) is 36.8. The SMILES string of the molecule is CC/C=C\C/C=C\C/C=C\C/C=C\CCCCCCCCCCCCCCCCCCCCCCC(=O)NC(COC1OC(CO)C(O)C(O)C1O)C(O)/C=C/CC/C=C/CCCCCCCCCCCCCCC. The Morgan fingerprint density at radius 1 is 0.467 bits per heavy atom. The molecule has 0 aliphatic carbocycles. The number of nitrogens with one attached hydrogen (secondary N) is 1. The Morgan fingerprint density at radius 2 is 0.840 bits per heavy atom. The van der Waals surface area contributed by atoms with Gasteiger partial charge >= 0.3 is 0 Å². The van der Waals surface area contributed by atoms with E-state index in [1.165, 1.54) is 199 Å². The molecule has 0 saturated carbocycles. The molecule has 436 valence electrons. The van der Waals surface area contributed by atoms with Crippen LogP contribution in [0.1, 0.15) is 284 Å². The second-order valence-corrected chi connectivity index (χ2v) is 21.8. The molecule has 0 aromatic carbocycles. The standard InChI is InChI=1S/C66H119NO8/c1-3-5-7-9-11-13-15-17-19-21-23-24-25-26-27-28-29-30-31-32-33-34-35-36-38-40-42-44-46-48-50-52-54-56-62(70)67-59(58-74-66-65(73)64(72)63(71)61(57-68)75-66)60(69)55-53-51-49-47-45-43-41-39-37-22-20-18-16-14-12-10-8-6-4-2/h5,7,11,13,17,19,23-24,45,47,53,55,59-61,63-66,68-69,71-73H,3-4,6,8-10,12,14-16,18,20-22,25-44,46,48-52,54,56-58H2,1-2H3,(H,67,70)/b7-5-,13-11-,19-17-,24-23-,47-45+,55-53+. The van der Waals surface area contributed by atoms with Crippen molar-refractivity contribution in [3.05, 3.63) is 72.9 Å². The van der Waals surface area contributed by atoms with Crippen molar-refractivity contribution in [1.82, 2.24) is 5.32 Å². The van der Waals surface area contributed by atoms with E-state index in [2.05, 4.69) is 79.9 Å². The molecule has 1 heterocycles. The van der Waals surface area contributed by atoms with Gasteiger partial charge in [-0.2, -0.15) is 0 Å². The highest BCUT2D eigenvalue weighted by molar-refractivity contribution is 5.76. The lowest BCUT2D eigenvalue weighted by atomic mass is 9.99. The summed E-state index contributed by atoms with van der Waals surface area (Å²) in [6.45, 7) is 3.67. The minimum absolute atomic E-state index is 0.184. The zero-order valence-electron chi connectivity index (χ0n) is 48.5. The van der Waals surface area contributed by atoms with Crippen molar-refractivity contribution in [2.24, 2.45) is 0 Å². The van der Waals surface area contributed by atoms with Gasteiger partial charge in [-0.05, 0) is 70.6 Å². The molecule has 7 atom stereocenters. The van der Waals surface area contributed by atoms with E-state index in [4.69, 9.17) is 9.47 Å². The fraction of sp³-hybridized carbons (Fsp3) is 0.803. The van der Waals surface area contributed by atoms with E-state index in [1.807, 2.05) is 6.08 Å². The van der Waals surface area contributed by atoms with Gasteiger partial charge in [0.1, 0.15) is 24.4 Å². The fourth-order valence-electron chi connectivity index (χ4n) is 9.81. The molecule has 1 saturated heterocycles. The summed E-state index contributed by atoms with van der Waals surface area (Å²) >= 11 is 0. The first-order valence-electron chi connectivity index (χ1n) is 31.7. The number of allylic oxidation sites excluding steroid dienone is 11. The molecule has 0 aromatic rings. The maximum Gasteiger partial charge on any atom is 0.220 e. The third kappa shape index (κ3) is 44.2. The molecular weight excluding hydrogens is 935 g/mol. The van der Waals surface area contributed by atoms with Crippen molar-refractivity contribution in [1.29, 1.82) is 0 Å². The molecule has 0 bridgehead atoms. The summed E-state index contributed by atoms with van der Waals surface area (Å²) in [5.41, 5.74) is 0. The summed E-state index contributed by atoms with van der Waals surface area (Å²) < 4.78 is 11.3. The quantitative estimate of drug-likeness (QED) is 0.0261. The minimum Gasteiger partial charge on any atom is -0.394 e. The average Bonchev–Trinajstić information content (AvgIpc) is 3.41. The summed E-state index contributed by atoms with van der Waals surface area (Å²) in [5, 5.41) is 54.6. The lowest BCUT2D eigenvalue weighted by Gasteiger charge is -2.40. The number of hydrogen-bond donors (Lipinski definition) is 6. The number of aliphatic hydroxyl groups excluding tert-OH is 5. The molecule has 0 spiro atoms. The molecule has 0 radical (unpaired) electrons. The molecule has 9 heteroatoms. The predicted octanol–water partition coefficient (Wildman–Crippen LogP) is 16.4. The van der Waals surface area contributed by atoms with Crippen LogP contribution in [-0.4, -0.2) is 87.5 Å². The Labute approximate surface area is 461 Å². The van der Waals surface area contributed by atoms with E-state index in [1.54, 1.807) is 6.08 Å². The van der Waals surface area contributed by atoms with Crippen LogP contribution in [0.4, 0.5) is 0 Å². The van der Waals surface area contributed by atoms with Gasteiger partial charge < -0.3 is 40.3 Å². The number of amides is 1. The molecule has 7 unspecified atom stereocenters. The van der Waals surface area contributed by atoms with Gasteiger partial charge in [-0.3, -0.25) is 4.79 Å². The molecule has 1 fully saturated rings. The van der Waals surface area contributed by atoms with Gasteiger partial charge in [0.25, 0.3) is 0 Å². The zero-order valence-corrected chi connectivity index (χ0v) is 48.5. The third-order valence-corrected chi connectivity index (χ3v) is 14.8. The first-order valence-corrected chi connectivity index (χ1v) is 31.7. The highest BCUT2D eigenvalue weighted by Gasteiger charge is 2.44. The van der Waals surface area contributed by atoms with Gasteiger partial charge in [-0.25, -0.2) is 0 Å². The first kappa shape index (κ1) is 70.6.